The molecule has 0 aliphatic heterocycles. The largest absolute Gasteiger partial charge is 0.480 e. The SMILES string of the molecule is CC(Sc1nc(Cl)c2c3c(sc2n1)CCCCC3)C(=O)O. The molecule has 1 N–H and O–H groups in total. The number of carboxylic acids is 1. The van der Waals surface area contributed by atoms with Gasteiger partial charge in [-0.05, 0) is 38.2 Å². The van der Waals surface area contributed by atoms with E-state index in [4.69, 9.17) is 16.7 Å². The Labute approximate surface area is 135 Å². The van der Waals surface area contributed by atoms with Crippen LogP contribution in [0.1, 0.15) is 36.6 Å². The molecule has 2 aromatic heterocycles. The fraction of sp³-hybridized carbons (Fsp3) is 0.500. The van der Waals surface area contributed by atoms with Gasteiger partial charge in [-0.2, -0.15) is 0 Å². The maximum atomic E-state index is 10.9. The number of hydrogen-bond acceptors (Lipinski definition) is 5. The molecule has 0 radical (unpaired) electrons. The van der Waals surface area contributed by atoms with Crippen molar-refractivity contribution in [2.75, 3.05) is 0 Å². The van der Waals surface area contributed by atoms with Gasteiger partial charge in [0.2, 0.25) is 0 Å². The molecular formula is C14H15ClN2O2S2. The van der Waals surface area contributed by atoms with E-state index in [-0.39, 0.29) is 0 Å². The molecule has 0 spiro atoms. The molecular weight excluding hydrogens is 328 g/mol. The summed E-state index contributed by atoms with van der Waals surface area (Å²) in [6.45, 7) is 1.62. The molecule has 1 aliphatic carbocycles. The van der Waals surface area contributed by atoms with Crippen LogP contribution in [0.2, 0.25) is 5.15 Å². The number of halogens is 1. The zero-order chi connectivity index (χ0) is 15.0. The minimum absolute atomic E-state index is 0.443. The molecule has 0 amide bonds. The molecule has 7 heteroatoms. The first-order valence-electron chi connectivity index (χ1n) is 6.93. The molecule has 0 saturated heterocycles. The third-order valence-corrected chi connectivity index (χ3v) is 6.04. The number of aliphatic carboxylic acids is 1. The quantitative estimate of drug-likeness (QED) is 0.392. The first-order chi connectivity index (χ1) is 10.1. The first kappa shape index (κ1) is 15.1. The van der Waals surface area contributed by atoms with Crippen molar-refractivity contribution < 1.29 is 9.90 Å². The van der Waals surface area contributed by atoms with Gasteiger partial charge in [0.05, 0.1) is 5.39 Å². The van der Waals surface area contributed by atoms with Crippen LogP contribution in [-0.2, 0) is 17.6 Å². The van der Waals surface area contributed by atoms with E-state index in [1.54, 1.807) is 18.3 Å². The van der Waals surface area contributed by atoms with E-state index < -0.39 is 11.2 Å². The van der Waals surface area contributed by atoms with Gasteiger partial charge in [-0.15, -0.1) is 11.3 Å². The summed E-state index contributed by atoms with van der Waals surface area (Å²) in [5.41, 5.74) is 1.31. The van der Waals surface area contributed by atoms with Crippen molar-refractivity contribution in [3.8, 4) is 0 Å². The number of rotatable bonds is 3. The number of thiophene rings is 1. The molecule has 1 unspecified atom stereocenters. The lowest BCUT2D eigenvalue weighted by atomic mass is 10.1. The van der Waals surface area contributed by atoms with E-state index in [1.807, 2.05) is 0 Å². The summed E-state index contributed by atoms with van der Waals surface area (Å²) in [6, 6.07) is 0. The lowest BCUT2D eigenvalue weighted by Crippen LogP contribution is -2.11. The normalized spacial score (nSPS) is 16.5. The maximum Gasteiger partial charge on any atom is 0.316 e. The first-order valence-corrected chi connectivity index (χ1v) is 9.01. The molecule has 3 rings (SSSR count). The minimum atomic E-state index is -0.873. The molecule has 1 aliphatic rings. The summed E-state index contributed by atoms with van der Waals surface area (Å²) in [4.78, 5) is 22.0. The van der Waals surface area contributed by atoms with Gasteiger partial charge in [0.1, 0.15) is 15.2 Å². The summed E-state index contributed by atoms with van der Waals surface area (Å²) in [6.07, 6.45) is 5.77. The van der Waals surface area contributed by atoms with Crippen LogP contribution in [0.25, 0.3) is 10.2 Å². The van der Waals surface area contributed by atoms with Crippen molar-refractivity contribution in [1.29, 1.82) is 0 Å². The van der Waals surface area contributed by atoms with Gasteiger partial charge in [0.25, 0.3) is 0 Å². The Bertz CT molecular complexity index is 702. The van der Waals surface area contributed by atoms with Crippen LogP contribution in [-0.4, -0.2) is 26.3 Å². The van der Waals surface area contributed by atoms with Gasteiger partial charge < -0.3 is 5.11 Å². The molecule has 112 valence electrons. The van der Waals surface area contributed by atoms with E-state index in [2.05, 4.69) is 9.97 Å². The molecule has 2 heterocycles. The maximum absolute atomic E-state index is 10.9. The van der Waals surface area contributed by atoms with Crippen molar-refractivity contribution in [2.24, 2.45) is 0 Å². The highest BCUT2D eigenvalue weighted by atomic mass is 35.5. The number of carboxylic acid groups (broad SMARTS) is 1. The highest BCUT2D eigenvalue weighted by molar-refractivity contribution is 8.00. The topological polar surface area (TPSA) is 63.1 Å². The van der Waals surface area contributed by atoms with Crippen LogP contribution in [0.3, 0.4) is 0 Å². The average Bonchev–Trinajstić information content (AvgIpc) is 2.61. The highest BCUT2D eigenvalue weighted by Gasteiger charge is 2.21. The zero-order valence-corrected chi connectivity index (χ0v) is 13.9. The smallest absolute Gasteiger partial charge is 0.316 e. The number of nitrogens with zero attached hydrogens (tertiary/aromatic N) is 2. The third kappa shape index (κ3) is 3.03. The fourth-order valence-electron chi connectivity index (χ4n) is 2.53. The Balaban J connectivity index is 2.03. The van der Waals surface area contributed by atoms with Crippen molar-refractivity contribution in [3.05, 3.63) is 15.6 Å². The van der Waals surface area contributed by atoms with E-state index in [0.29, 0.717) is 10.3 Å². The summed E-state index contributed by atoms with van der Waals surface area (Å²) in [5.74, 6) is -0.873. The fourth-order valence-corrected chi connectivity index (χ4v) is 4.95. The van der Waals surface area contributed by atoms with Gasteiger partial charge in [0.15, 0.2) is 5.16 Å². The van der Waals surface area contributed by atoms with E-state index >= 15 is 0 Å². The van der Waals surface area contributed by atoms with E-state index in [0.717, 1.165) is 34.8 Å². The zero-order valence-electron chi connectivity index (χ0n) is 11.6. The molecule has 0 saturated carbocycles. The summed E-state index contributed by atoms with van der Waals surface area (Å²) in [7, 11) is 0. The van der Waals surface area contributed by atoms with Crippen LogP contribution < -0.4 is 0 Å². The van der Waals surface area contributed by atoms with Crippen molar-refractivity contribution >= 4 is 50.9 Å². The molecule has 21 heavy (non-hydrogen) atoms. The lowest BCUT2D eigenvalue weighted by Gasteiger charge is -2.06. The Kier molecular flexibility index (Phi) is 4.38. The summed E-state index contributed by atoms with van der Waals surface area (Å²) in [5, 5.41) is 10.3. The molecule has 0 fully saturated rings. The molecule has 4 nitrogen and oxygen atoms in total. The Morgan fingerprint density at radius 2 is 2.10 bits per heavy atom. The number of carbonyl (C=O) groups is 1. The number of thioether (sulfide) groups is 1. The van der Waals surface area contributed by atoms with Crippen LogP contribution in [0.5, 0.6) is 0 Å². The number of fused-ring (bicyclic) bond motifs is 3. The summed E-state index contributed by atoms with van der Waals surface area (Å²) >= 11 is 9.16. The predicted molar refractivity (Wildman–Crippen MR) is 86.6 cm³/mol. The van der Waals surface area contributed by atoms with Gasteiger partial charge in [0, 0.05) is 4.88 Å². The molecule has 1 atom stereocenters. The minimum Gasteiger partial charge on any atom is -0.480 e. The monoisotopic (exact) mass is 342 g/mol. The second-order valence-corrected chi connectivity index (χ2v) is 7.89. The molecule has 0 aromatic carbocycles. The van der Waals surface area contributed by atoms with Gasteiger partial charge in [-0.25, -0.2) is 9.97 Å². The van der Waals surface area contributed by atoms with Gasteiger partial charge in [-0.3, -0.25) is 4.79 Å². The number of aryl methyl sites for hydroxylation is 2. The standard InChI is InChI=1S/C14H15ClN2O2S2/c1-7(13(18)19)20-14-16-11(15)10-8-5-3-2-4-6-9(8)21-12(10)17-14/h7H,2-6H2,1H3,(H,18,19). The predicted octanol–water partition coefficient (Wildman–Crippen LogP) is 4.18. The van der Waals surface area contributed by atoms with Crippen LogP contribution in [0.4, 0.5) is 0 Å². The van der Waals surface area contributed by atoms with Crippen LogP contribution in [0.15, 0.2) is 5.16 Å². The summed E-state index contributed by atoms with van der Waals surface area (Å²) < 4.78 is 0. The Morgan fingerprint density at radius 1 is 1.33 bits per heavy atom. The van der Waals surface area contributed by atoms with E-state index in [9.17, 15) is 4.79 Å². The van der Waals surface area contributed by atoms with Crippen molar-refractivity contribution in [1.82, 2.24) is 9.97 Å². The third-order valence-electron chi connectivity index (χ3n) is 3.63. The van der Waals surface area contributed by atoms with Gasteiger partial charge in [-0.1, -0.05) is 29.8 Å². The van der Waals surface area contributed by atoms with Gasteiger partial charge >= 0.3 is 5.97 Å². The second-order valence-electron chi connectivity index (χ2n) is 5.14. The Hall–Kier alpha value is -0.850. The van der Waals surface area contributed by atoms with Crippen LogP contribution >= 0.6 is 34.7 Å². The average molecular weight is 343 g/mol. The van der Waals surface area contributed by atoms with Crippen molar-refractivity contribution in [3.63, 3.8) is 0 Å². The Morgan fingerprint density at radius 3 is 2.86 bits per heavy atom. The van der Waals surface area contributed by atoms with Crippen molar-refractivity contribution in [2.45, 2.75) is 49.4 Å². The van der Waals surface area contributed by atoms with E-state index in [1.165, 1.54) is 29.7 Å². The van der Waals surface area contributed by atoms with Crippen LogP contribution in [0, 0.1) is 0 Å². The highest BCUT2D eigenvalue weighted by Crippen LogP contribution is 2.38. The number of aromatic nitrogens is 2. The molecule has 2 aromatic rings. The lowest BCUT2D eigenvalue weighted by molar-refractivity contribution is -0.136. The molecule has 0 bridgehead atoms. The number of hydrogen-bond donors (Lipinski definition) is 1. The second kappa shape index (κ2) is 6.10.